The standard InChI is InChI=1S/C14H20F3NO4/c1-13(2,3)22-12(21)18-7-4-5-8(18)10(9(19)6-7)11(20)14(15,16)17/h7-8,10,12,21H,4-6H2,1-3H3. The Balaban J connectivity index is 2.24. The predicted molar refractivity (Wildman–Crippen MR) is 69.7 cm³/mol. The average Bonchev–Trinajstić information content (AvgIpc) is 2.62. The first-order valence-corrected chi connectivity index (χ1v) is 7.19. The molecule has 2 aliphatic heterocycles. The Morgan fingerprint density at radius 3 is 2.41 bits per heavy atom. The number of carbonyl (C=O) groups is 2. The molecule has 1 N–H and O–H groups in total. The van der Waals surface area contributed by atoms with Crippen molar-refractivity contribution in [2.24, 2.45) is 5.92 Å². The van der Waals surface area contributed by atoms with Crippen molar-refractivity contribution in [2.75, 3.05) is 0 Å². The van der Waals surface area contributed by atoms with Crippen molar-refractivity contribution in [1.82, 2.24) is 4.90 Å². The monoisotopic (exact) mass is 323 g/mol. The maximum atomic E-state index is 12.7. The summed E-state index contributed by atoms with van der Waals surface area (Å²) in [5.41, 5.74) is -0.705. The number of rotatable bonds is 3. The highest BCUT2D eigenvalue weighted by atomic mass is 19.4. The fraction of sp³-hybridized carbons (Fsp3) is 0.857. The molecule has 2 rings (SSSR count). The lowest BCUT2D eigenvalue weighted by molar-refractivity contribution is -0.257. The Bertz CT molecular complexity index is 472. The third-order valence-corrected chi connectivity index (χ3v) is 4.04. The van der Waals surface area contributed by atoms with E-state index in [0.29, 0.717) is 6.42 Å². The van der Waals surface area contributed by atoms with E-state index >= 15 is 0 Å². The molecule has 4 unspecified atom stereocenters. The summed E-state index contributed by atoms with van der Waals surface area (Å²) in [6.07, 6.45) is -5.95. The lowest BCUT2D eigenvalue weighted by atomic mass is 9.85. The van der Waals surface area contributed by atoms with Crippen LogP contribution in [-0.4, -0.2) is 51.8 Å². The highest BCUT2D eigenvalue weighted by Gasteiger charge is 2.57. The van der Waals surface area contributed by atoms with Gasteiger partial charge in [-0.3, -0.25) is 9.59 Å². The fourth-order valence-electron chi connectivity index (χ4n) is 3.27. The Kier molecular flexibility index (Phi) is 4.40. The summed E-state index contributed by atoms with van der Waals surface area (Å²) < 4.78 is 43.5. The fourth-order valence-corrected chi connectivity index (χ4v) is 3.27. The van der Waals surface area contributed by atoms with Crippen molar-refractivity contribution in [3.63, 3.8) is 0 Å². The Morgan fingerprint density at radius 1 is 1.32 bits per heavy atom. The molecule has 0 aromatic rings. The van der Waals surface area contributed by atoms with Gasteiger partial charge in [-0.2, -0.15) is 13.2 Å². The minimum atomic E-state index is -5.06. The number of nitrogens with zero attached hydrogens (tertiary/aromatic N) is 1. The van der Waals surface area contributed by atoms with Crippen LogP contribution in [0.5, 0.6) is 0 Å². The summed E-state index contributed by atoms with van der Waals surface area (Å²) in [6.45, 7) is 5.10. The van der Waals surface area contributed by atoms with Crippen molar-refractivity contribution < 1.29 is 32.6 Å². The number of ether oxygens (including phenoxy) is 1. The van der Waals surface area contributed by atoms with Crippen LogP contribution in [0.15, 0.2) is 0 Å². The third-order valence-electron chi connectivity index (χ3n) is 4.04. The molecular formula is C14H20F3NO4. The second kappa shape index (κ2) is 5.58. The molecule has 0 radical (unpaired) electrons. The number of carbonyl (C=O) groups excluding carboxylic acids is 2. The summed E-state index contributed by atoms with van der Waals surface area (Å²) in [4.78, 5) is 24.9. The van der Waals surface area contributed by atoms with E-state index in [4.69, 9.17) is 4.74 Å². The lowest BCUT2D eigenvalue weighted by Gasteiger charge is -2.42. The van der Waals surface area contributed by atoms with E-state index < -0.39 is 41.7 Å². The van der Waals surface area contributed by atoms with Gasteiger partial charge in [0.25, 0.3) is 0 Å². The maximum absolute atomic E-state index is 12.7. The number of halogens is 3. The van der Waals surface area contributed by atoms with Crippen molar-refractivity contribution in [1.29, 1.82) is 0 Å². The van der Waals surface area contributed by atoms with E-state index in [1.165, 1.54) is 4.90 Å². The van der Waals surface area contributed by atoms with E-state index in [-0.39, 0.29) is 18.9 Å². The second-order valence-corrected chi connectivity index (χ2v) is 6.81. The van der Waals surface area contributed by atoms with Crippen LogP contribution in [0, 0.1) is 5.92 Å². The van der Waals surface area contributed by atoms with Gasteiger partial charge in [0.05, 0.1) is 5.60 Å². The third kappa shape index (κ3) is 3.33. The number of Topliss-reactive ketones (excluding diaryl/α,β-unsaturated/α-hetero) is 2. The zero-order chi connectivity index (χ0) is 16.9. The van der Waals surface area contributed by atoms with Crippen LogP contribution in [-0.2, 0) is 14.3 Å². The molecule has 2 aliphatic rings. The minimum absolute atomic E-state index is 0.173. The maximum Gasteiger partial charge on any atom is 0.450 e. The van der Waals surface area contributed by atoms with Crippen molar-refractivity contribution >= 4 is 11.6 Å². The van der Waals surface area contributed by atoms with E-state index in [2.05, 4.69) is 0 Å². The summed E-state index contributed by atoms with van der Waals surface area (Å²) in [6, 6.07) is -1.34. The smallest absolute Gasteiger partial charge is 0.356 e. The minimum Gasteiger partial charge on any atom is -0.356 e. The lowest BCUT2D eigenvalue weighted by Crippen LogP contribution is -2.58. The number of aliphatic hydroxyl groups is 1. The summed E-state index contributed by atoms with van der Waals surface area (Å²) in [5, 5.41) is 10.2. The molecular weight excluding hydrogens is 303 g/mol. The Morgan fingerprint density at radius 2 is 1.91 bits per heavy atom. The van der Waals surface area contributed by atoms with Gasteiger partial charge in [0.1, 0.15) is 11.7 Å². The van der Waals surface area contributed by atoms with Gasteiger partial charge >= 0.3 is 6.18 Å². The molecule has 0 amide bonds. The zero-order valence-electron chi connectivity index (χ0n) is 12.7. The van der Waals surface area contributed by atoms with Gasteiger partial charge in [0, 0.05) is 18.5 Å². The van der Waals surface area contributed by atoms with Gasteiger partial charge < -0.3 is 9.84 Å². The van der Waals surface area contributed by atoms with Crippen molar-refractivity contribution in [2.45, 2.75) is 70.3 Å². The van der Waals surface area contributed by atoms with Crippen LogP contribution in [0.1, 0.15) is 40.0 Å². The molecule has 2 heterocycles. The molecule has 8 heteroatoms. The highest BCUT2D eigenvalue weighted by Crippen LogP contribution is 2.41. The number of aliphatic hydroxyl groups excluding tert-OH is 1. The number of piperidine rings is 1. The molecule has 4 atom stereocenters. The predicted octanol–water partition coefficient (Wildman–Crippen LogP) is 1.63. The molecule has 126 valence electrons. The topological polar surface area (TPSA) is 66.8 Å². The van der Waals surface area contributed by atoms with Crippen molar-refractivity contribution in [3.8, 4) is 0 Å². The normalized spacial score (nSPS) is 31.4. The number of alkyl halides is 3. The number of ketones is 2. The second-order valence-electron chi connectivity index (χ2n) is 6.81. The van der Waals surface area contributed by atoms with Crippen LogP contribution in [0.25, 0.3) is 0 Å². The van der Waals surface area contributed by atoms with E-state index in [1.54, 1.807) is 20.8 Å². The highest BCUT2D eigenvalue weighted by molar-refractivity contribution is 6.06. The molecule has 2 bridgehead atoms. The summed E-state index contributed by atoms with van der Waals surface area (Å²) >= 11 is 0. The summed E-state index contributed by atoms with van der Waals surface area (Å²) in [5.74, 6) is -4.50. The first kappa shape index (κ1) is 17.4. The van der Waals surface area contributed by atoms with Gasteiger partial charge in [0.2, 0.25) is 12.2 Å². The van der Waals surface area contributed by atoms with Gasteiger partial charge in [0.15, 0.2) is 0 Å². The van der Waals surface area contributed by atoms with Gasteiger partial charge in [-0.05, 0) is 33.6 Å². The molecule has 22 heavy (non-hydrogen) atoms. The molecule has 2 saturated heterocycles. The molecule has 0 saturated carbocycles. The summed E-state index contributed by atoms with van der Waals surface area (Å²) in [7, 11) is 0. The quantitative estimate of drug-likeness (QED) is 0.632. The van der Waals surface area contributed by atoms with Crippen LogP contribution in [0.4, 0.5) is 13.2 Å². The Hall–Kier alpha value is -0.990. The molecule has 0 aromatic carbocycles. The van der Waals surface area contributed by atoms with Gasteiger partial charge in [-0.25, -0.2) is 4.90 Å². The first-order valence-electron chi connectivity index (χ1n) is 7.19. The van der Waals surface area contributed by atoms with Gasteiger partial charge in [-0.15, -0.1) is 0 Å². The first-order chi connectivity index (χ1) is 9.92. The molecule has 0 aliphatic carbocycles. The van der Waals surface area contributed by atoms with Crippen LogP contribution < -0.4 is 0 Å². The van der Waals surface area contributed by atoms with Crippen LogP contribution >= 0.6 is 0 Å². The van der Waals surface area contributed by atoms with E-state index in [1.807, 2.05) is 0 Å². The molecule has 0 aromatic heterocycles. The van der Waals surface area contributed by atoms with E-state index in [0.717, 1.165) is 0 Å². The van der Waals surface area contributed by atoms with E-state index in [9.17, 15) is 27.9 Å². The number of fused-ring (bicyclic) bond motifs is 2. The SMILES string of the molecule is CC(C)(C)OC(O)N1C2CCC1C(C(=O)C(F)(F)F)C(=O)C2. The zero-order valence-corrected chi connectivity index (χ0v) is 12.7. The molecule has 2 fully saturated rings. The van der Waals surface area contributed by atoms with Crippen LogP contribution in [0.2, 0.25) is 0 Å². The number of hydrogen-bond acceptors (Lipinski definition) is 5. The largest absolute Gasteiger partial charge is 0.450 e. The molecule has 0 spiro atoms. The molecule has 5 nitrogen and oxygen atoms in total. The van der Waals surface area contributed by atoms with Gasteiger partial charge in [-0.1, -0.05) is 0 Å². The van der Waals surface area contributed by atoms with Crippen LogP contribution in [0.3, 0.4) is 0 Å². The van der Waals surface area contributed by atoms with Crippen molar-refractivity contribution in [3.05, 3.63) is 0 Å². The average molecular weight is 323 g/mol. The Labute approximate surface area is 126 Å². The number of hydrogen-bond donors (Lipinski definition) is 1.